The topological polar surface area (TPSA) is 88.7 Å². The molecular weight excluding hydrogens is 556 g/mol. The Labute approximate surface area is 230 Å². The van der Waals surface area contributed by atoms with E-state index in [0.717, 1.165) is 31.2 Å². The Bertz CT molecular complexity index is 1450. The van der Waals surface area contributed by atoms with Crippen LogP contribution in [0, 0.1) is 0 Å². The van der Waals surface area contributed by atoms with Crippen molar-refractivity contribution in [1.29, 1.82) is 0 Å². The zero-order chi connectivity index (χ0) is 29.1. The molecule has 2 bridgehead atoms. The lowest BCUT2D eigenvalue weighted by Gasteiger charge is -2.40. The number of hydrogen-bond acceptors (Lipinski definition) is 6. The molecule has 0 spiro atoms. The highest BCUT2D eigenvalue weighted by molar-refractivity contribution is 5.89. The Morgan fingerprint density at radius 1 is 1.00 bits per heavy atom. The molecule has 3 fully saturated rings. The molecule has 2 saturated heterocycles. The molecule has 7 nitrogen and oxygen atoms in total. The molecule has 3 aromatic rings. The maximum Gasteiger partial charge on any atom is 0.417 e. The normalized spacial score (nSPS) is 22.8. The highest BCUT2D eigenvalue weighted by Gasteiger charge is 2.44. The fraction of sp³-hybridized carbons (Fsp3) is 0.464. The van der Waals surface area contributed by atoms with Gasteiger partial charge in [0.05, 0.1) is 29.4 Å². The van der Waals surface area contributed by atoms with Crippen molar-refractivity contribution in [1.82, 2.24) is 10.1 Å². The number of ether oxygens (including phenoxy) is 1. The van der Waals surface area contributed by atoms with Gasteiger partial charge in [-0.15, -0.1) is 0 Å². The third-order valence-corrected chi connectivity index (χ3v) is 8.10. The summed E-state index contributed by atoms with van der Waals surface area (Å²) in [5, 5.41) is 13.2. The van der Waals surface area contributed by atoms with Crippen LogP contribution < -0.4 is 4.90 Å². The van der Waals surface area contributed by atoms with Crippen LogP contribution in [0.1, 0.15) is 77.3 Å². The summed E-state index contributed by atoms with van der Waals surface area (Å²) in [5.41, 5.74) is -2.47. The number of rotatable bonds is 7. The number of aromatic nitrogens is 2. The first-order valence-corrected chi connectivity index (χ1v) is 13.3. The molecule has 0 radical (unpaired) electrons. The molecule has 1 N–H and O–H groups in total. The van der Waals surface area contributed by atoms with Crippen LogP contribution in [0.4, 0.5) is 32.2 Å². The average molecular weight is 582 g/mol. The number of benzene rings is 1. The lowest BCUT2D eigenvalue weighted by molar-refractivity contribution is -0.138. The maximum atomic E-state index is 13.8. The molecule has 4 heterocycles. The van der Waals surface area contributed by atoms with E-state index in [-0.39, 0.29) is 47.8 Å². The van der Waals surface area contributed by atoms with Crippen LogP contribution >= 0.6 is 0 Å². The van der Waals surface area contributed by atoms with Crippen molar-refractivity contribution in [3.05, 3.63) is 64.5 Å². The summed E-state index contributed by atoms with van der Waals surface area (Å²) in [6.07, 6.45) is -4.97. The van der Waals surface area contributed by atoms with Gasteiger partial charge in [-0.05, 0) is 50.7 Å². The molecular formula is C28H25F6N3O4. The highest BCUT2D eigenvalue weighted by atomic mass is 19.4. The molecule has 41 heavy (non-hydrogen) atoms. The number of carboxylic acids is 1. The summed E-state index contributed by atoms with van der Waals surface area (Å²) in [7, 11) is 0. The smallest absolute Gasteiger partial charge is 0.417 e. The minimum absolute atomic E-state index is 0.00918. The van der Waals surface area contributed by atoms with Crippen molar-refractivity contribution >= 4 is 11.8 Å². The molecule has 1 aliphatic carbocycles. The van der Waals surface area contributed by atoms with Gasteiger partial charge in [-0.2, -0.15) is 26.3 Å². The number of carbonyl (C=O) groups is 1. The summed E-state index contributed by atoms with van der Waals surface area (Å²) < 4.78 is 93.8. The van der Waals surface area contributed by atoms with Crippen LogP contribution in [0.3, 0.4) is 0 Å². The number of fused-ring (bicyclic) bond motifs is 2. The van der Waals surface area contributed by atoms with Crippen LogP contribution in [0.25, 0.3) is 11.3 Å². The van der Waals surface area contributed by atoms with Crippen molar-refractivity contribution < 1.29 is 45.5 Å². The summed E-state index contributed by atoms with van der Waals surface area (Å²) in [4.78, 5) is 17.2. The Morgan fingerprint density at radius 3 is 2.27 bits per heavy atom. The number of alkyl halides is 6. The van der Waals surface area contributed by atoms with Crippen LogP contribution in [-0.4, -0.2) is 39.4 Å². The molecule has 218 valence electrons. The minimum atomic E-state index is -4.85. The highest BCUT2D eigenvalue weighted by Crippen LogP contribution is 2.47. The van der Waals surface area contributed by atoms with E-state index in [2.05, 4.69) is 10.1 Å². The Balaban J connectivity index is 1.22. The number of piperidine rings is 1. The second kappa shape index (κ2) is 10.0. The standard InChI is InChI=1S/C28H25F6N3O4/c29-27(30,31)21-4-2-1-3-18(21)24-20(25(41-36-24)14-5-6-14)13-40-17-9-15-7-8-16(10-17)37(15)23-11-22(28(32,33)34)19(12-35-23)26(38)39/h1-4,11-12,14-17H,5-10,13H2,(H,38,39)/t15-,16+,17-. The van der Waals surface area contributed by atoms with Gasteiger partial charge in [0.25, 0.3) is 0 Å². The Kier molecular flexibility index (Phi) is 6.74. The van der Waals surface area contributed by atoms with Crippen LogP contribution in [-0.2, 0) is 23.7 Å². The lowest BCUT2D eigenvalue weighted by Crippen LogP contribution is -2.46. The molecule has 0 amide bonds. The molecule has 1 aromatic carbocycles. The average Bonchev–Trinajstić information content (AvgIpc) is 3.61. The predicted molar refractivity (Wildman–Crippen MR) is 132 cm³/mol. The van der Waals surface area contributed by atoms with Gasteiger partial charge < -0.3 is 19.3 Å². The third-order valence-electron chi connectivity index (χ3n) is 8.10. The van der Waals surface area contributed by atoms with E-state index in [1.165, 1.54) is 18.2 Å². The van der Waals surface area contributed by atoms with Gasteiger partial charge in [0.1, 0.15) is 17.3 Å². The zero-order valence-electron chi connectivity index (χ0n) is 21.5. The van der Waals surface area contributed by atoms with Gasteiger partial charge in [0, 0.05) is 35.3 Å². The third kappa shape index (κ3) is 5.27. The number of anilines is 1. The molecule has 2 aliphatic heterocycles. The fourth-order valence-corrected chi connectivity index (χ4v) is 6.11. The zero-order valence-corrected chi connectivity index (χ0v) is 21.5. The number of pyridine rings is 1. The molecule has 13 heteroatoms. The molecule has 1 saturated carbocycles. The van der Waals surface area contributed by atoms with Crippen molar-refractivity contribution in [2.24, 2.45) is 0 Å². The van der Waals surface area contributed by atoms with Gasteiger partial charge in [-0.25, -0.2) is 9.78 Å². The second-order valence-corrected chi connectivity index (χ2v) is 10.8. The van der Waals surface area contributed by atoms with Crippen molar-refractivity contribution in [3.63, 3.8) is 0 Å². The van der Waals surface area contributed by atoms with E-state index in [9.17, 15) is 36.2 Å². The number of nitrogens with zero attached hydrogens (tertiary/aromatic N) is 3. The number of halogens is 6. The molecule has 3 atom stereocenters. The first kappa shape index (κ1) is 27.6. The maximum absolute atomic E-state index is 13.8. The minimum Gasteiger partial charge on any atom is -0.478 e. The largest absolute Gasteiger partial charge is 0.478 e. The number of carboxylic acid groups (broad SMARTS) is 1. The van der Waals surface area contributed by atoms with E-state index in [1.54, 1.807) is 4.90 Å². The summed E-state index contributed by atoms with van der Waals surface area (Å²) in [6.45, 7) is -0.00918. The Morgan fingerprint density at radius 2 is 1.66 bits per heavy atom. The van der Waals surface area contributed by atoms with E-state index >= 15 is 0 Å². The first-order chi connectivity index (χ1) is 19.4. The van der Waals surface area contributed by atoms with Crippen molar-refractivity contribution in [2.75, 3.05) is 4.90 Å². The van der Waals surface area contributed by atoms with E-state index in [1.807, 2.05) is 0 Å². The van der Waals surface area contributed by atoms with Gasteiger partial charge >= 0.3 is 18.3 Å². The number of aromatic carboxylic acids is 1. The summed E-state index contributed by atoms with van der Waals surface area (Å²) in [5.74, 6) is -1.04. The van der Waals surface area contributed by atoms with Gasteiger partial charge in [0.15, 0.2) is 0 Å². The molecule has 6 rings (SSSR count). The van der Waals surface area contributed by atoms with Crippen molar-refractivity contribution in [2.45, 2.75) is 81.6 Å². The summed E-state index contributed by atoms with van der Waals surface area (Å²) in [6, 6.07) is 5.61. The lowest BCUT2D eigenvalue weighted by atomic mass is 9.98. The van der Waals surface area contributed by atoms with Gasteiger partial charge in [-0.3, -0.25) is 0 Å². The van der Waals surface area contributed by atoms with Gasteiger partial charge in [0.2, 0.25) is 0 Å². The Hall–Kier alpha value is -3.61. The van der Waals surface area contributed by atoms with Crippen LogP contribution in [0.15, 0.2) is 41.1 Å². The molecule has 0 unspecified atom stereocenters. The molecule has 2 aromatic heterocycles. The van der Waals surface area contributed by atoms with E-state index in [0.29, 0.717) is 37.0 Å². The molecule has 3 aliphatic rings. The van der Waals surface area contributed by atoms with Crippen LogP contribution in [0.5, 0.6) is 0 Å². The quantitative estimate of drug-likeness (QED) is 0.299. The monoisotopic (exact) mass is 581 g/mol. The fourth-order valence-electron chi connectivity index (χ4n) is 6.11. The first-order valence-electron chi connectivity index (χ1n) is 13.3. The van der Waals surface area contributed by atoms with Crippen molar-refractivity contribution in [3.8, 4) is 11.3 Å². The second-order valence-electron chi connectivity index (χ2n) is 10.8. The van der Waals surface area contributed by atoms with Gasteiger partial charge in [-0.1, -0.05) is 23.4 Å². The summed E-state index contributed by atoms with van der Waals surface area (Å²) >= 11 is 0. The van der Waals surface area contributed by atoms with Crippen LogP contribution in [0.2, 0.25) is 0 Å². The SMILES string of the molecule is O=C(O)c1cnc(N2[C@@H]3CC[C@H]2C[C@H](OCc2c(-c4ccccc4C(F)(F)F)noc2C2CC2)C3)cc1C(F)(F)F. The van der Waals surface area contributed by atoms with E-state index in [4.69, 9.17) is 9.26 Å². The predicted octanol–water partition coefficient (Wildman–Crippen LogP) is 7.07. The number of hydrogen-bond donors (Lipinski definition) is 1. The van der Waals surface area contributed by atoms with E-state index < -0.39 is 35.0 Å².